The highest BCUT2D eigenvalue weighted by Crippen LogP contribution is 2.08. The van der Waals surface area contributed by atoms with Crippen molar-refractivity contribution in [3.8, 4) is 0 Å². The van der Waals surface area contributed by atoms with Crippen molar-refractivity contribution in [3.05, 3.63) is 47.2 Å². The molecule has 0 radical (unpaired) electrons. The van der Waals surface area contributed by atoms with E-state index in [1.165, 1.54) is 11.1 Å². The minimum atomic E-state index is 0.658. The first-order valence-corrected chi connectivity index (χ1v) is 6.85. The SMILES string of the molecule is CCCNCc1nnc(CCc2ccc(C)cc2)o1. The maximum absolute atomic E-state index is 5.59. The second-order valence-electron chi connectivity index (χ2n) is 4.75. The lowest BCUT2D eigenvalue weighted by Gasteiger charge is -1.99. The molecule has 1 heterocycles. The molecule has 0 bridgehead atoms. The number of hydrogen-bond acceptors (Lipinski definition) is 4. The van der Waals surface area contributed by atoms with Crippen LogP contribution in [-0.4, -0.2) is 16.7 Å². The van der Waals surface area contributed by atoms with E-state index in [4.69, 9.17) is 4.42 Å². The quantitative estimate of drug-likeness (QED) is 0.777. The molecule has 0 saturated carbocycles. The van der Waals surface area contributed by atoms with Crippen LogP contribution in [0.2, 0.25) is 0 Å². The van der Waals surface area contributed by atoms with Gasteiger partial charge in [0.1, 0.15) is 0 Å². The summed E-state index contributed by atoms with van der Waals surface area (Å²) in [6.45, 7) is 5.86. The summed E-state index contributed by atoms with van der Waals surface area (Å²) >= 11 is 0. The van der Waals surface area contributed by atoms with Crippen LogP contribution in [0.3, 0.4) is 0 Å². The molecule has 0 fully saturated rings. The number of hydrogen-bond donors (Lipinski definition) is 1. The highest BCUT2D eigenvalue weighted by atomic mass is 16.4. The van der Waals surface area contributed by atoms with Gasteiger partial charge in [0.25, 0.3) is 0 Å². The van der Waals surface area contributed by atoms with Gasteiger partial charge >= 0.3 is 0 Å². The maximum Gasteiger partial charge on any atom is 0.230 e. The minimum absolute atomic E-state index is 0.658. The highest BCUT2D eigenvalue weighted by Gasteiger charge is 2.05. The molecule has 0 aliphatic carbocycles. The Morgan fingerprint density at radius 1 is 1.05 bits per heavy atom. The molecule has 4 heteroatoms. The van der Waals surface area contributed by atoms with Crippen LogP contribution in [0.15, 0.2) is 28.7 Å². The molecule has 0 spiro atoms. The van der Waals surface area contributed by atoms with Gasteiger partial charge in [-0.05, 0) is 31.9 Å². The number of benzene rings is 1. The van der Waals surface area contributed by atoms with E-state index in [0.717, 1.165) is 25.8 Å². The van der Waals surface area contributed by atoms with Gasteiger partial charge in [0.05, 0.1) is 6.54 Å². The molecule has 0 atom stereocenters. The van der Waals surface area contributed by atoms with Crippen LogP contribution >= 0.6 is 0 Å². The van der Waals surface area contributed by atoms with Crippen LogP contribution in [0, 0.1) is 6.92 Å². The predicted octanol–water partition coefficient (Wildman–Crippen LogP) is 2.66. The Kier molecular flexibility index (Phi) is 5.10. The lowest BCUT2D eigenvalue weighted by atomic mass is 10.1. The van der Waals surface area contributed by atoms with Crippen molar-refractivity contribution in [1.29, 1.82) is 0 Å². The van der Waals surface area contributed by atoms with Crippen LogP contribution in [0.25, 0.3) is 0 Å². The molecular formula is C15H21N3O. The second kappa shape index (κ2) is 7.04. The van der Waals surface area contributed by atoms with Gasteiger partial charge in [-0.15, -0.1) is 10.2 Å². The summed E-state index contributed by atoms with van der Waals surface area (Å²) in [5.74, 6) is 1.39. The molecule has 1 aromatic carbocycles. The van der Waals surface area contributed by atoms with Gasteiger partial charge in [0.2, 0.25) is 11.8 Å². The van der Waals surface area contributed by atoms with Crippen LogP contribution < -0.4 is 5.32 Å². The number of rotatable bonds is 7. The van der Waals surface area contributed by atoms with Gasteiger partial charge in [0, 0.05) is 6.42 Å². The van der Waals surface area contributed by atoms with E-state index in [-0.39, 0.29) is 0 Å². The van der Waals surface area contributed by atoms with Gasteiger partial charge in [0.15, 0.2) is 0 Å². The zero-order valence-corrected chi connectivity index (χ0v) is 11.6. The van der Waals surface area contributed by atoms with E-state index in [0.29, 0.717) is 18.3 Å². The van der Waals surface area contributed by atoms with E-state index in [1.807, 2.05) is 0 Å². The summed E-state index contributed by atoms with van der Waals surface area (Å²) in [4.78, 5) is 0. The number of aryl methyl sites for hydroxylation is 3. The monoisotopic (exact) mass is 259 g/mol. The third-order valence-electron chi connectivity index (χ3n) is 2.96. The molecule has 2 rings (SSSR count). The maximum atomic E-state index is 5.59. The van der Waals surface area contributed by atoms with Gasteiger partial charge in [-0.3, -0.25) is 0 Å². The fraction of sp³-hybridized carbons (Fsp3) is 0.467. The van der Waals surface area contributed by atoms with Crippen molar-refractivity contribution in [3.63, 3.8) is 0 Å². The fourth-order valence-electron chi connectivity index (χ4n) is 1.84. The first-order valence-electron chi connectivity index (χ1n) is 6.85. The molecule has 0 unspecified atom stereocenters. The summed E-state index contributed by atoms with van der Waals surface area (Å²) in [5, 5.41) is 11.4. The molecule has 102 valence electrons. The number of aromatic nitrogens is 2. The summed E-state index contributed by atoms with van der Waals surface area (Å²) in [5.41, 5.74) is 2.58. The zero-order chi connectivity index (χ0) is 13.5. The Hall–Kier alpha value is -1.68. The number of nitrogens with one attached hydrogen (secondary N) is 1. The average molecular weight is 259 g/mol. The molecular weight excluding hydrogens is 238 g/mol. The zero-order valence-electron chi connectivity index (χ0n) is 11.6. The van der Waals surface area contributed by atoms with E-state index in [2.05, 4.69) is 53.6 Å². The molecule has 19 heavy (non-hydrogen) atoms. The Morgan fingerprint density at radius 2 is 1.79 bits per heavy atom. The van der Waals surface area contributed by atoms with Crippen LogP contribution in [0.5, 0.6) is 0 Å². The van der Waals surface area contributed by atoms with E-state index >= 15 is 0 Å². The topological polar surface area (TPSA) is 51.0 Å². The Bertz CT molecular complexity index is 490. The van der Waals surface area contributed by atoms with Crippen molar-refractivity contribution in [2.24, 2.45) is 0 Å². The van der Waals surface area contributed by atoms with Crippen LogP contribution in [0.4, 0.5) is 0 Å². The Labute approximate surface area is 114 Å². The average Bonchev–Trinajstić information content (AvgIpc) is 2.86. The largest absolute Gasteiger partial charge is 0.424 e. The fourth-order valence-corrected chi connectivity index (χ4v) is 1.84. The molecule has 2 aromatic rings. The summed E-state index contributed by atoms with van der Waals surface area (Å²) in [7, 11) is 0. The van der Waals surface area contributed by atoms with Crippen LogP contribution in [0.1, 0.15) is 36.3 Å². The first-order chi connectivity index (χ1) is 9.28. The minimum Gasteiger partial charge on any atom is -0.424 e. The van der Waals surface area contributed by atoms with Gasteiger partial charge < -0.3 is 9.73 Å². The van der Waals surface area contributed by atoms with E-state index in [9.17, 15) is 0 Å². The number of nitrogens with zero attached hydrogens (tertiary/aromatic N) is 2. The lowest BCUT2D eigenvalue weighted by Crippen LogP contribution is -2.13. The van der Waals surface area contributed by atoms with E-state index in [1.54, 1.807) is 0 Å². The molecule has 0 amide bonds. The normalized spacial score (nSPS) is 10.8. The summed E-state index contributed by atoms with van der Waals surface area (Å²) in [6.07, 6.45) is 2.84. The third kappa shape index (κ3) is 4.48. The van der Waals surface area contributed by atoms with Crippen molar-refractivity contribution in [1.82, 2.24) is 15.5 Å². The smallest absolute Gasteiger partial charge is 0.230 e. The summed E-state index contributed by atoms with van der Waals surface area (Å²) in [6, 6.07) is 8.55. The van der Waals surface area contributed by atoms with Crippen molar-refractivity contribution in [2.75, 3.05) is 6.54 Å². The van der Waals surface area contributed by atoms with E-state index < -0.39 is 0 Å². The van der Waals surface area contributed by atoms with Crippen LogP contribution in [-0.2, 0) is 19.4 Å². The van der Waals surface area contributed by atoms with Gasteiger partial charge in [-0.25, -0.2) is 0 Å². The molecule has 0 aliphatic heterocycles. The molecule has 4 nitrogen and oxygen atoms in total. The first kappa shape index (κ1) is 13.7. The summed E-state index contributed by atoms with van der Waals surface area (Å²) < 4.78 is 5.59. The molecule has 1 aromatic heterocycles. The Balaban J connectivity index is 1.81. The predicted molar refractivity (Wildman–Crippen MR) is 74.9 cm³/mol. The van der Waals surface area contributed by atoms with Gasteiger partial charge in [-0.2, -0.15) is 0 Å². The molecule has 1 N–H and O–H groups in total. The lowest BCUT2D eigenvalue weighted by molar-refractivity contribution is 0.432. The van der Waals surface area contributed by atoms with Crippen molar-refractivity contribution in [2.45, 2.75) is 39.7 Å². The van der Waals surface area contributed by atoms with Crippen molar-refractivity contribution >= 4 is 0 Å². The van der Waals surface area contributed by atoms with Gasteiger partial charge in [-0.1, -0.05) is 36.8 Å². The van der Waals surface area contributed by atoms with Crippen molar-refractivity contribution < 1.29 is 4.42 Å². The molecule has 0 aliphatic rings. The second-order valence-corrected chi connectivity index (χ2v) is 4.75. The highest BCUT2D eigenvalue weighted by molar-refractivity contribution is 5.21. The standard InChI is InChI=1S/C15H21N3O/c1-3-10-16-11-15-18-17-14(19-15)9-8-13-6-4-12(2)5-7-13/h4-7,16H,3,8-11H2,1-2H3. The Morgan fingerprint density at radius 3 is 2.53 bits per heavy atom. The molecule has 0 saturated heterocycles. The third-order valence-corrected chi connectivity index (χ3v) is 2.96.